The highest BCUT2D eigenvalue weighted by Crippen LogP contribution is 2.26. The molecule has 136 valence electrons. The molecule has 1 aromatic heterocycles. The van der Waals surface area contributed by atoms with E-state index in [2.05, 4.69) is 15.5 Å². The van der Waals surface area contributed by atoms with Crippen molar-refractivity contribution in [3.8, 4) is 0 Å². The third-order valence-electron chi connectivity index (χ3n) is 3.99. The number of aromatic amines is 1. The molecule has 0 fully saturated rings. The quantitative estimate of drug-likeness (QED) is 0.664. The Morgan fingerprint density at radius 1 is 1.07 bits per heavy atom. The van der Waals surface area contributed by atoms with Crippen LogP contribution >= 0.6 is 11.6 Å². The van der Waals surface area contributed by atoms with E-state index in [9.17, 15) is 14.4 Å². The average molecular weight is 382 g/mol. The van der Waals surface area contributed by atoms with Crippen LogP contribution in [0.4, 0.5) is 5.69 Å². The Morgan fingerprint density at radius 2 is 1.81 bits per heavy atom. The monoisotopic (exact) mass is 381 g/mol. The van der Waals surface area contributed by atoms with Crippen LogP contribution in [-0.2, 0) is 11.2 Å². The Balaban J connectivity index is 2.07. The van der Waals surface area contributed by atoms with E-state index >= 15 is 0 Å². The van der Waals surface area contributed by atoms with Gasteiger partial charge in [0.25, 0.3) is 5.56 Å². The molecule has 3 rings (SSSR count). The molecule has 0 atom stereocenters. The molecule has 7 heteroatoms. The number of para-hydroxylation sites is 1. The molecule has 6 nitrogen and oxygen atoms in total. The zero-order valence-electron chi connectivity index (χ0n) is 14.5. The fraction of sp³-hybridized carbons (Fsp3) is 0.100. The summed E-state index contributed by atoms with van der Waals surface area (Å²) in [7, 11) is 0. The minimum absolute atomic E-state index is 0.245. The molecule has 0 radical (unpaired) electrons. The van der Waals surface area contributed by atoms with Gasteiger partial charge in [-0.05, 0) is 42.0 Å². The minimum atomic E-state index is -0.319. The molecule has 0 spiro atoms. The van der Waals surface area contributed by atoms with Gasteiger partial charge in [-0.2, -0.15) is 5.10 Å². The highest BCUT2D eigenvalue weighted by atomic mass is 35.5. The first-order valence-corrected chi connectivity index (χ1v) is 8.56. The predicted molar refractivity (Wildman–Crippen MR) is 103 cm³/mol. The summed E-state index contributed by atoms with van der Waals surface area (Å²) in [6.07, 6.45) is 1.73. The average Bonchev–Trinajstić information content (AvgIpc) is 2.64. The van der Waals surface area contributed by atoms with Gasteiger partial charge in [-0.15, -0.1) is 0 Å². The van der Waals surface area contributed by atoms with Gasteiger partial charge in [-0.25, -0.2) is 5.10 Å². The van der Waals surface area contributed by atoms with Gasteiger partial charge in [0.15, 0.2) is 5.78 Å². The summed E-state index contributed by atoms with van der Waals surface area (Å²) in [4.78, 5) is 36.6. The van der Waals surface area contributed by atoms with Crippen LogP contribution in [-0.4, -0.2) is 21.9 Å². The number of anilines is 1. The fourth-order valence-corrected chi connectivity index (χ4v) is 2.86. The molecule has 0 bridgehead atoms. The smallest absolute Gasteiger partial charge is 0.267 e. The van der Waals surface area contributed by atoms with E-state index in [1.165, 1.54) is 13.1 Å². The van der Waals surface area contributed by atoms with Crippen LogP contribution in [0.3, 0.4) is 0 Å². The zero-order chi connectivity index (χ0) is 19.4. The van der Waals surface area contributed by atoms with Crippen LogP contribution in [0.2, 0.25) is 5.02 Å². The second-order valence-electron chi connectivity index (χ2n) is 5.94. The standard InChI is InChI=1S/C20H16ClN3O3/c1-12(25)23-18-14(11-15-9-10-22-24-20(15)27)3-2-4-17(18)19(26)13-5-7-16(21)8-6-13/h2-10H,11H2,1H3,(H,23,25)(H,24,27). The molecule has 0 aliphatic heterocycles. The van der Waals surface area contributed by atoms with Crippen LogP contribution in [0.15, 0.2) is 59.5 Å². The predicted octanol–water partition coefficient (Wildman–Crippen LogP) is 3.20. The molecule has 0 aliphatic carbocycles. The second-order valence-corrected chi connectivity index (χ2v) is 6.38. The number of aromatic nitrogens is 2. The van der Waals surface area contributed by atoms with Crippen LogP contribution in [0.1, 0.15) is 34.0 Å². The number of halogens is 1. The van der Waals surface area contributed by atoms with Crippen LogP contribution < -0.4 is 10.9 Å². The van der Waals surface area contributed by atoms with Gasteiger partial charge in [-0.1, -0.05) is 23.7 Å². The van der Waals surface area contributed by atoms with E-state index < -0.39 is 0 Å². The number of ketones is 1. The van der Waals surface area contributed by atoms with E-state index in [0.29, 0.717) is 33.0 Å². The fourth-order valence-electron chi connectivity index (χ4n) is 2.73. The number of benzene rings is 2. The SMILES string of the molecule is CC(=O)Nc1c(Cc2ccn[nH]c2=O)cccc1C(=O)c1ccc(Cl)cc1. The van der Waals surface area contributed by atoms with Gasteiger partial charge in [0.1, 0.15) is 0 Å². The van der Waals surface area contributed by atoms with Crippen molar-refractivity contribution in [3.63, 3.8) is 0 Å². The summed E-state index contributed by atoms with van der Waals surface area (Å²) >= 11 is 5.89. The van der Waals surface area contributed by atoms with Gasteiger partial charge < -0.3 is 5.32 Å². The van der Waals surface area contributed by atoms with Crippen molar-refractivity contribution in [1.29, 1.82) is 0 Å². The van der Waals surface area contributed by atoms with Gasteiger partial charge in [0, 0.05) is 41.3 Å². The Morgan fingerprint density at radius 3 is 2.48 bits per heavy atom. The molecular formula is C20H16ClN3O3. The van der Waals surface area contributed by atoms with E-state index in [4.69, 9.17) is 11.6 Å². The molecule has 27 heavy (non-hydrogen) atoms. The molecule has 3 aromatic rings. The van der Waals surface area contributed by atoms with E-state index in [0.717, 1.165) is 0 Å². The number of rotatable bonds is 5. The van der Waals surface area contributed by atoms with E-state index in [1.807, 2.05) is 0 Å². The van der Waals surface area contributed by atoms with Crippen molar-refractivity contribution in [3.05, 3.63) is 92.4 Å². The largest absolute Gasteiger partial charge is 0.325 e. The number of nitrogens with one attached hydrogen (secondary N) is 2. The minimum Gasteiger partial charge on any atom is -0.325 e. The van der Waals surface area contributed by atoms with Gasteiger partial charge in [0.2, 0.25) is 5.91 Å². The molecule has 0 saturated carbocycles. The maximum Gasteiger partial charge on any atom is 0.267 e. The van der Waals surface area contributed by atoms with Crippen LogP contribution in [0.25, 0.3) is 0 Å². The van der Waals surface area contributed by atoms with Crippen LogP contribution in [0, 0.1) is 0 Å². The van der Waals surface area contributed by atoms with Crippen molar-refractivity contribution in [2.45, 2.75) is 13.3 Å². The third-order valence-corrected chi connectivity index (χ3v) is 4.24. The molecule has 0 aliphatic rings. The number of hydrogen-bond donors (Lipinski definition) is 2. The first-order chi connectivity index (χ1) is 13.0. The number of nitrogens with zero attached hydrogens (tertiary/aromatic N) is 1. The summed E-state index contributed by atoms with van der Waals surface area (Å²) in [5.74, 6) is -0.558. The number of hydrogen-bond acceptors (Lipinski definition) is 4. The van der Waals surface area contributed by atoms with Crippen molar-refractivity contribution in [2.75, 3.05) is 5.32 Å². The van der Waals surface area contributed by atoms with Crippen molar-refractivity contribution < 1.29 is 9.59 Å². The Kier molecular flexibility index (Phi) is 5.47. The van der Waals surface area contributed by atoms with E-state index in [-0.39, 0.29) is 23.7 Å². The molecule has 0 saturated heterocycles. The van der Waals surface area contributed by atoms with Crippen molar-refractivity contribution >= 4 is 29.0 Å². The number of carbonyl (C=O) groups is 2. The lowest BCUT2D eigenvalue weighted by molar-refractivity contribution is -0.114. The maximum atomic E-state index is 13.0. The lowest BCUT2D eigenvalue weighted by atomic mass is 9.96. The highest BCUT2D eigenvalue weighted by molar-refractivity contribution is 6.30. The Labute approximate surface area is 160 Å². The first-order valence-electron chi connectivity index (χ1n) is 8.18. The second kappa shape index (κ2) is 7.97. The molecule has 1 amide bonds. The van der Waals surface area contributed by atoms with Crippen molar-refractivity contribution in [2.24, 2.45) is 0 Å². The third kappa shape index (κ3) is 4.30. The maximum absolute atomic E-state index is 13.0. The highest BCUT2D eigenvalue weighted by Gasteiger charge is 2.18. The zero-order valence-corrected chi connectivity index (χ0v) is 15.2. The van der Waals surface area contributed by atoms with Gasteiger partial charge in [-0.3, -0.25) is 14.4 Å². The van der Waals surface area contributed by atoms with Gasteiger partial charge in [0.05, 0.1) is 5.69 Å². The van der Waals surface area contributed by atoms with Gasteiger partial charge >= 0.3 is 0 Å². The lowest BCUT2D eigenvalue weighted by Crippen LogP contribution is -2.17. The molecule has 0 unspecified atom stereocenters. The molecule has 2 N–H and O–H groups in total. The summed E-state index contributed by atoms with van der Waals surface area (Å²) < 4.78 is 0. The number of H-pyrrole nitrogens is 1. The summed E-state index contributed by atoms with van der Waals surface area (Å²) in [6, 6.07) is 13.3. The van der Waals surface area contributed by atoms with Crippen molar-refractivity contribution in [1.82, 2.24) is 10.2 Å². The van der Waals surface area contributed by atoms with Crippen LogP contribution in [0.5, 0.6) is 0 Å². The topological polar surface area (TPSA) is 91.9 Å². The molecule has 2 aromatic carbocycles. The Bertz CT molecular complexity index is 1060. The summed E-state index contributed by atoms with van der Waals surface area (Å²) in [6.45, 7) is 1.37. The summed E-state index contributed by atoms with van der Waals surface area (Å²) in [5.41, 5.74) is 2.00. The Hall–Kier alpha value is -3.25. The molecule has 1 heterocycles. The molecular weight excluding hydrogens is 366 g/mol. The summed E-state index contributed by atoms with van der Waals surface area (Å²) in [5, 5.41) is 9.31. The van der Waals surface area contributed by atoms with E-state index in [1.54, 1.807) is 48.5 Å². The lowest BCUT2D eigenvalue weighted by Gasteiger charge is -2.14. The first kappa shape index (κ1) is 18.5. The number of amides is 1. The normalized spacial score (nSPS) is 10.4. The number of carbonyl (C=O) groups excluding carboxylic acids is 2.